The van der Waals surface area contributed by atoms with Crippen molar-refractivity contribution in [2.75, 3.05) is 45.6 Å². The van der Waals surface area contributed by atoms with Crippen molar-refractivity contribution in [3.63, 3.8) is 0 Å². The van der Waals surface area contributed by atoms with Crippen molar-refractivity contribution in [3.05, 3.63) is 29.8 Å². The van der Waals surface area contributed by atoms with Crippen molar-refractivity contribution in [3.8, 4) is 0 Å². The molecule has 2 N–H and O–H groups in total. The van der Waals surface area contributed by atoms with E-state index in [2.05, 4.69) is 0 Å². The molecule has 0 aliphatic carbocycles. The van der Waals surface area contributed by atoms with Crippen LogP contribution in [0.3, 0.4) is 0 Å². The number of morpholine rings is 1. The molecule has 6 nitrogen and oxygen atoms in total. The fourth-order valence-corrected chi connectivity index (χ4v) is 2.08. The first-order valence-electron chi connectivity index (χ1n) is 6.54. The van der Waals surface area contributed by atoms with Crippen molar-refractivity contribution < 1.29 is 14.3 Å². The Balaban J connectivity index is 1.95. The van der Waals surface area contributed by atoms with Crippen LogP contribution < -0.4 is 5.73 Å². The lowest BCUT2D eigenvalue weighted by molar-refractivity contribution is -0.135. The van der Waals surface area contributed by atoms with Gasteiger partial charge in [0.25, 0.3) is 5.91 Å². The lowest BCUT2D eigenvalue weighted by Crippen LogP contribution is -2.46. The van der Waals surface area contributed by atoms with E-state index in [1.165, 1.54) is 4.90 Å². The van der Waals surface area contributed by atoms with Gasteiger partial charge < -0.3 is 20.3 Å². The minimum Gasteiger partial charge on any atom is -0.399 e. The molecule has 1 aliphatic heterocycles. The average molecular weight is 277 g/mol. The van der Waals surface area contributed by atoms with E-state index in [1.807, 2.05) is 0 Å². The number of carbonyl (C=O) groups is 2. The zero-order valence-corrected chi connectivity index (χ0v) is 11.5. The molecule has 1 saturated heterocycles. The van der Waals surface area contributed by atoms with Gasteiger partial charge in [0.2, 0.25) is 5.91 Å². The fourth-order valence-electron chi connectivity index (χ4n) is 2.08. The Kier molecular flexibility index (Phi) is 4.57. The largest absolute Gasteiger partial charge is 0.399 e. The summed E-state index contributed by atoms with van der Waals surface area (Å²) in [5.74, 6) is -0.271. The molecule has 20 heavy (non-hydrogen) atoms. The number of ether oxygens (including phenoxy) is 1. The molecule has 1 heterocycles. The molecule has 6 heteroatoms. The normalized spacial score (nSPS) is 14.9. The molecule has 0 spiro atoms. The van der Waals surface area contributed by atoms with Crippen molar-refractivity contribution in [2.45, 2.75) is 0 Å². The second-order valence-corrected chi connectivity index (χ2v) is 4.78. The maximum Gasteiger partial charge on any atom is 0.254 e. The zero-order valence-electron chi connectivity index (χ0n) is 11.5. The summed E-state index contributed by atoms with van der Waals surface area (Å²) in [6, 6.07) is 6.74. The number of amides is 2. The van der Waals surface area contributed by atoms with E-state index in [9.17, 15) is 9.59 Å². The van der Waals surface area contributed by atoms with Gasteiger partial charge in [-0.2, -0.15) is 0 Å². The number of hydrogen-bond acceptors (Lipinski definition) is 4. The SMILES string of the molecule is CN(CC(=O)N1CCOCC1)C(=O)c1cccc(N)c1. The molecule has 1 aromatic rings. The first-order chi connectivity index (χ1) is 9.58. The molecule has 0 bridgehead atoms. The molecule has 1 aliphatic rings. The smallest absolute Gasteiger partial charge is 0.254 e. The lowest BCUT2D eigenvalue weighted by Gasteiger charge is -2.28. The molecular formula is C14H19N3O3. The second kappa shape index (κ2) is 6.38. The van der Waals surface area contributed by atoms with E-state index in [0.717, 1.165) is 0 Å². The molecular weight excluding hydrogens is 258 g/mol. The highest BCUT2D eigenvalue weighted by Crippen LogP contribution is 2.09. The molecule has 108 valence electrons. The summed E-state index contributed by atoms with van der Waals surface area (Å²) < 4.78 is 5.20. The van der Waals surface area contributed by atoms with Gasteiger partial charge in [0, 0.05) is 31.4 Å². The molecule has 2 rings (SSSR count). The predicted octanol–water partition coefficient (Wildman–Crippen LogP) is 0.200. The number of anilines is 1. The Morgan fingerprint density at radius 1 is 1.35 bits per heavy atom. The van der Waals surface area contributed by atoms with Gasteiger partial charge in [-0.3, -0.25) is 9.59 Å². The van der Waals surface area contributed by atoms with Crippen molar-refractivity contribution in [1.82, 2.24) is 9.80 Å². The summed E-state index contributed by atoms with van der Waals surface area (Å²) >= 11 is 0. The van der Waals surface area contributed by atoms with Gasteiger partial charge in [-0.25, -0.2) is 0 Å². The number of nitrogens with zero attached hydrogens (tertiary/aromatic N) is 2. The van der Waals surface area contributed by atoms with Crippen LogP contribution in [0.15, 0.2) is 24.3 Å². The average Bonchev–Trinajstić information content (AvgIpc) is 2.47. The second-order valence-electron chi connectivity index (χ2n) is 4.78. The highest BCUT2D eigenvalue weighted by Gasteiger charge is 2.21. The monoisotopic (exact) mass is 277 g/mol. The Labute approximate surface area is 118 Å². The quantitative estimate of drug-likeness (QED) is 0.801. The molecule has 0 atom stereocenters. The lowest BCUT2D eigenvalue weighted by atomic mass is 10.2. The molecule has 0 radical (unpaired) electrons. The van der Waals surface area contributed by atoms with Crippen LogP contribution in [-0.2, 0) is 9.53 Å². The summed E-state index contributed by atoms with van der Waals surface area (Å²) in [7, 11) is 1.61. The van der Waals surface area contributed by atoms with Gasteiger partial charge in [-0.05, 0) is 18.2 Å². The van der Waals surface area contributed by atoms with Crippen LogP contribution in [0.4, 0.5) is 5.69 Å². The number of benzene rings is 1. The Morgan fingerprint density at radius 2 is 2.05 bits per heavy atom. The minimum absolute atomic E-state index is 0.0620. The standard InChI is InChI=1S/C14H19N3O3/c1-16(10-13(18)17-5-7-20-8-6-17)14(19)11-3-2-4-12(15)9-11/h2-4,9H,5-8,10,15H2,1H3. The molecule has 0 aromatic heterocycles. The van der Waals surface area contributed by atoms with Gasteiger partial charge in [0.15, 0.2) is 0 Å². The third-order valence-corrected chi connectivity index (χ3v) is 3.22. The van der Waals surface area contributed by atoms with E-state index in [0.29, 0.717) is 37.6 Å². The summed E-state index contributed by atoms with van der Waals surface area (Å²) in [6.45, 7) is 2.34. The molecule has 0 unspecified atom stereocenters. The van der Waals surface area contributed by atoms with E-state index in [1.54, 1.807) is 36.2 Å². The third-order valence-electron chi connectivity index (χ3n) is 3.22. The van der Waals surface area contributed by atoms with Crippen LogP contribution in [0.25, 0.3) is 0 Å². The van der Waals surface area contributed by atoms with Crippen molar-refractivity contribution in [1.29, 1.82) is 0 Å². The van der Waals surface area contributed by atoms with Gasteiger partial charge in [-0.1, -0.05) is 6.07 Å². The number of likely N-dealkylation sites (N-methyl/N-ethyl adjacent to an activating group) is 1. The van der Waals surface area contributed by atoms with Crippen LogP contribution in [0.5, 0.6) is 0 Å². The number of hydrogen-bond donors (Lipinski definition) is 1. The Morgan fingerprint density at radius 3 is 2.70 bits per heavy atom. The van der Waals surface area contributed by atoms with E-state index in [4.69, 9.17) is 10.5 Å². The highest BCUT2D eigenvalue weighted by atomic mass is 16.5. The minimum atomic E-state index is -0.209. The number of nitrogens with two attached hydrogens (primary N) is 1. The van der Waals surface area contributed by atoms with E-state index < -0.39 is 0 Å². The van der Waals surface area contributed by atoms with Gasteiger partial charge in [0.05, 0.1) is 19.8 Å². The van der Waals surface area contributed by atoms with E-state index >= 15 is 0 Å². The summed E-state index contributed by atoms with van der Waals surface area (Å²) in [4.78, 5) is 27.4. The summed E-state index contributed by atoms with van der Waals surface area (Å²) in [6.07, 6.45) is 0. The van der Waals surface area contributed by atoms with Gasteiger partial charge >= 0.3 is 0 Å². The van der Waals surface area contributed by atoms with E-state index in [-0.39, 0.29) is 18.4 Å². The first kappa shape index (κ1) is 14.3. The van der Waals surface area contributed by atoms with Crippen LogP contribution in [0.2, 0.25) is 0 Å². The highest BCUT2D eigenvalue weighted by molar-refractivity contribution is 5.97. The number of carbonyl (C=O) groups excluding carboxylic acids is 2. The van der Waals surface area contributed by atoms with Gasteiger partial charge in [-0.15, -0.1) is 0 Å². The maximum absolute atomic E-state index is 12.2. The van der Waals surface area contributed by atoms with Crippen molar-refractivity contribution >= 4 is 17.5 Å². The topological polar surface area (TPSA) is 75.9 Å². The zero-order chi connectivity index (χ0) is 14.5. The van der Waals surface area contributed by atoms with Crippen LogP contribution >= 0.6 is 0 Å². The molecule has 0 saturated carbocycles. The van der Waals surface area contributed by atoms with Crippen LogP contribution in [-0.4, -0.2) is 61.5 Å². The van der Waals surface area contributed by atoms with Crippen LogP contribution in [0.1, 0.15) is 10.4 Å². The summed E-state index contributed by atoms with van der Waals surface area (Å²) in [5, 5.41) is 0. The molecule has 2 amide bonds. The number of nitrogen functional groups attached to an aromatic ring is 1. The maximum atomic E-state index is 12.2. The third kappa shape index (κ3) is 3.48. The first-order valence-corrected chi connectivity index (χ1v) is 6.54. The Bertz CT molecular complexity index is 498. The predicted molar refractivity (Wildman–Crippen MR) is 75.2 cm³/mol. The van der Waals surface area contributed by atoms with Crippen molar-refractivity contribution in [2.24, 2.45) is 0 Å². The Hall–Kier alpha value is -2.08. The number of rotatable bonds is 3. The molecule has 1 fully saturated rings. The fraction of sp³-hybridized carbons (Fsp3) is 0.429. The summed E-state index contributed by atoms with van der Waals surface area (Å²) in [5.41, 5.74) is 6.67. The van der Waals surface area contributed by atoms with Crippen LogP contribution in [0, 0.1) is 0 Å². The van der Waals surface area contributed by atoms with Gasteiger partial charge in [0.1, 0.15) is 0 Å². The molecule has 1 aromatic carbocycles.